The van der Waals surface area contributed by atoms with Crippen LogP contribution in [-0.4, -0.2) is 0 Å². The van der Waals surface area contributed by atoms with Gasteiger partial charge in [0.05, 0.1) is 3.79 Å². The van der Waals surface area contributed by atoms with Gasteiger partial charge in [-0.05, 0) is 40.9 Å². The van der Waals surface area contributed by atoms with E-state index in [1.54, 1.807) is 11.3 Å². The van der Waals surface area contributed by atoms with Crippen molar-refractivity contribution in [2.45, 2.75) is 45.6 Å². The van der Waals surface area contributed by atoms with E-state index >= 15 is 0 Å². The minimum absolute atomic E-state index is 0.226. The Bertz CT molecular complexity index is 283. The summed E-state index contributed by atoms with van der Waals surface area (Å²) in [5.41, 5.74) is 7.45. The highest BCUT2D eigenvalue weighted by atomic mass is 79.9. The maximum Gasteiger partial charge on any atom is 0.0704 e. The number of hydrogen-bond donors (Lipinski definition) is 1. The van der Waals surface area contributed by atoms with Crippen LogP contribution in [0.15, 0.2) is 9.85 Å². The molecule has 0 amide bonds. The van der Waals surface area contributed by atoms with Crippen LogP contribution in [0.1, 0.15) is 49.1 Å². The maximum atomic E-state index is 6.14. The fourth-order valence-electron chi connectivity index (χ4n) is 1.60. The van der Waals surface area contributed by atoms with E-state index in [0.717, 1.165) is 6.42 Å². The summed E-state index contributed by atoms with van der Waals surface area (Å²) in [6, 6.07) is 2.39. The average Bonchev–Trinajstić information content (AvgIpc) is 2.45. The van der Waals surface area contributed by atoms with E-state index < -0.39 is 0 Å². The fraction of sp³-hybridized carbons (Fsp3) is 0.636. The lowest BCUT2D eigenvalue weighted by Crippen LogP contribution is -2.10. The Morgan fingerprint density at radius 2 is 2.21 bits per heavy atom. The van der Waals surface area contributed by atoms with Crippen LogP contribution in [0.4, 0.5) is 0 Å². The lowest BCUT2D eigenvalue weighted by molar-refractivity contribution is 0.581. The molecule has 14 heavy (non-hydrogen) atoms. The van der Waals surface area contributed by atoms with Crippen LogP contribution in [0.5, 0.6) is 0 Å². The smallest absolute Gasteiger partial charge is 0.0704 e. The van der Waals surface area contributed by atoms with Crippen LogP contribution in [0, 0.1) is 6.92 Å². The lowest BCUT2D eigenvalue weighted by atomic mass is 10.0. The SMILES string of the molecule is CCCCCC(N)c1cc(Br)sc1C. The Morgan fingerprint density at radius 3 is 2.71 bits per heavy atom. The highest BCUT2D eigenvalue weighted by Gasteiger charge is 2.11. The largest absolute Gasteiger partial charge is 0.324 e. The Labute approximate surface area is 98.8 Å². The van der Waals surface area contributed by atoms with Crippen LogP contribution in [0.2, 0.25) is 0 Å². The van der Waals surface area contributed by atoms with Gasteiger partial charge in [-0.1, -0.05) is 26.2 Å². The Hall–Kier alpha value is 0.140. The van der Waals surface area contributed by atoms with Crippen LogP contribution in [0.3, 0.4) is 0 Å². The second kappa shape index (κ2) is 5.89. The molecule has 1 aromatic heterocycles. The number of aryl methyl sites for hydroxylation is 1. The lowest BCUT2D eigenvalue weighted by Gasteiger charge is -2.10. The van der Waals surface area contributed by atoms with Crippen LogP contribution < -0.4 is 5.73 Å². The highest BCUT2D eigenvalue weighted by molar-refractivity contribution is 9.11. The second-order valence-electron chi connectivity index (χ2n) is 3.66. The summed E-state index contributed by atoms with van der Waals surface area (Å²) in [6.07, 6.45) is 4.90. The van der Waals surface area contributed by atoms with Crippen LogP contribution >= 0.6 is 27.3 Å². The van der Waals surface area contributed by atoms with E-state index in [1.807, 2.05) is 0 Å². The summed E-state index contributed by atoms with van der Waals surface area (Å²) in [4.78, 5) is 1.35. The Balaban J connectivity index is 2.51. The first-order valence-electron chi connectivity index (χ1n) is 5.16. The molecule has 80 valence electrons. The third kappa shape index (κ3) is 3.37. The number of hydrogen-bond acceptors (Lipinski definition) is 2. The molecule has 0 saturated heterocycles. The third-order valence-electron chi connectivity index (χ3n) is 2.44. The molecule has 1 nitrogen and oxygen atoms in total. The van der Waals surface area contributed by atoms with Gasteiger partial charge in [0.25, 0.3) is 0 Å². The van der Waals surface area contributed by atoms with Gasteiger partial charge in [0.2, 0.25) is 0 Å². The molecule has 0 aliphatic rings. The molecular weight excluding hydrogens is 258 g/mol. The Morgan fingerprint density at radius 1 is 1.50 bits per heavy atom. The molecule has 0 spiro atoms. The summed E-state index contributed by atoms with van der Waals surface area (Å²) in [5, 5.41) is 0. The molecule has 1 aromatic rings. The van der Waals surface area contributed by atoms with Crippen molar-refractivity contribution in [1.29, 1.82) is 0 Å². The molecule has 0 saturated carbocycles. The average molecular weight is 276 g/mol. The van der Waals surface area contributed by atoms with Crippen LogP contribution in [0.25, 0.3) is 0 Å². The van der Waals surface area contributed by atoms with E-state index in [2.05, 4.69) is 35.8 Å². The predicted molar refractivity (Wildman–Crippen MR) is 67.8 cm³/mol. The fourth-order valence-corrected chi connectivity index (χ4v) is 3.38. The first-order valence-corrected chi connectivity index (χ1v) is 6.77. The summed E-state index contributed by atoms with van der Waals surface area (Å²) >= 11 is 5.27. The highest BCUT2D eigenvalue weighted by Crippen LogP contribution is 2.31. The number of unbranched alkanes of at least 4 members (excludes halogenated alkanes) is 2. The third-order valence-corrected chi connectivity index (χ3v) is 4.01. The minimum atomic E-state index is 0.226. The van der Waals surface area contributed by atoms with Crippen molar-refractivity contribution in [2.24, 2.45) is 5.73 Å². The van der Waals surface area contributed by atoms with Gasteiger partial charge in [-0.25, -0.2) is 0 Å². The second-order valence-corrected chi connectivity index (χ2v) is 6.30. The molecule has 0 aliphatic carbocycles. The van der Waals surface area contributed by atoms with Crippen molar-refractivity contribution in [3.05, 3.63) is 20.3 Å². The van der Waals surface area contributed by atoms with E-state index in [-0.39, 0.29) is 6.04 Å². The molecule has 0 fully saturated rings. The zero-order valence-corrected chi connectivity index (χ0v) is 11.2. The molecule has 1 heterocycles. The first kappa shape index (κ1) is 12.2. The molecule has 0 radical (unpaired) electrons. The van der Waals surface area contributed by atoms with E-state index in [0.29, 0.717) is 0 Å². The summed E-state index contributed by atoms with van der Waals surface area (Å²) in [5.74, 6) is 0. The molecule has 3 heteroatoms. The number of halogens is 1. The topological polar surface area (TPSA) is 26.0 Å². The Kier molecular flexibility index (Phi) is 5.13. The van der Waals surface area contributed by atoms with Gasteiger partial charge in [-0.15, -0.1) is 11.3 Å². The zero-order chi connectivity index (χ0) is 10.6. The normalized spacial score (nSPS) is 13.1. The number of thiophene rings is 1. The van der Waals surface area contributed by atoms with Gasteiger partial charge in [0.15, 0.2) is 0 Å². The molecule has 1 atom stereocenters. The maximum absolute atomic E-state index is 6.14. The molecular formula is C11H18BrNS. The van der Waals surface area contributed by atoms with Gasteiger partial charge in [-0.2, -0.15) is 0 Å². The first-order chi connectivity index (χ1) is 6.65. The van der Waals surface area contributed by atoms with Gasteiger partial charge in [-0.3, -0.25) is 0 Å². The van der Waals surface area contributed by atoms with E-state index in [4.69, 9.17) is 5.73 Å². The van der Waals surface area contributed by atoms with E-state index in [1.165, 1.54) is 33.5 Å². The van der Waals surface area contributed by atoms with Gasteiger partial charge >= 0.3 is 0 Å². The molecule has 2 N–H and O–H groups in total. The van der Waals surface area contributed by atoms with Gasteiger partial charge < -0.3 is 5.73 Å². The zero-order valence-electron chi connectivity index (χ0n) is 8.85. The van der Waals surface area contributed by atoms with Crippen molar-refractivity contribution in [1.82, 2.24) is 0 Å². The molecule has 0 aromatic carbocycles. The summed E-state index contributed by atoms with van der Waals surface area (Å²) in [7, 11) is 0. The van der Waals surface area contributed by atoms with Crippen molar-refractivity contribution in [3.8, 4) is 0 Å². The molecule has 0 aliphatic heterocycles. The monoisotopic (exact) mass is 275 g/mol. The van der Waals surface area contributed by atoms with Crippen molar-refractivity contribution < 1.29 is 0 Å². The molecule has 0 bridgehead atoms. The standard InChI is InChI=1S/C11H18BrNS/c1-3-4-5-6-10(13)9-7-11(12)14-8(9)2/h7,10H,3-6,13H2,1-2H3. The van der Waals surface area contributed by atoms with Gasteiger partial charge in [0, 0.05) is 10.9 Å². The quantitative estimate of drug-likeness (QED) is 0.792. The number of rotatable bonds is 5. The van der Waals surface area contributed by atoms with Crippen LogP contribution in [-0.2, 0) is 0 Å². The summed E-state index contributed by atoms with van der Waals surface area (Å²) in [6.45, 7) is 4.36. The van der Waals surface area contributed by atoms with Crippen molar-refractivity contribution in [2.75, 3.05) is 0 Å². The van der Waals surface area contributed by atoms with Crippen molar-refractivity contribution >= 4 is 27.3 Å². The molecule has 1 unspecified atom stereocenters. The van der Waals surface area contributed by atoms with Crippen molar-refractivity contribution in [3.63, 3.8) is 0 Å². The van der Waals surface area contributed by atoms with E-state index in [9.17, 15) is 0 Å². The minimum Gasteiger partial charge on any atom is -0.324 e. The predicted octanol–water partition coefficient (Wildman–Crippen LogP) is 4.40. The molecule has 1 rings (SSSR count). The van der Waals surface area contributed by atoms with Gasteiger partial charge in [0.1, 0.15) is 0 Å². The number of nitrogens with two attached hydrogens (primary N) is 1. The summed E-state index contributed by atoms with van der Waals surface area (Å²) < 4.78 is 1.19.